The van der Waals surface area contributed by atoms with Crippen LogP contribution in [0.3, 0.4) is 0 Å². The van der Waals surface area contributed by atoms with Crippen LogP contribution in [0.1, 0.15) is 0 Å². The fraction of sp³-hybridized carbons (Fsp3) is 0. The summed E-state index contributed by atoms with van der Waals surface area (Å²) in [7, 11) is 0. The molecule has 0 saturated carbocycles. The minimum Gasteiger partial charge on any atom is -0.456 e. The molecule has 0 amide bonds. The van der Waals surface area contributed by atoms with E-state index in [2.05, 4.69) is 10.7 Å². The highest BCUT2D eigenvalue weighted by Gasteiger charge is 2.08. The van der Waals surface area contributed by atoms with E-state index in [1.807, 2.05) is 30.3 Å². The first-order valence-corrected chi connectivity index (χ1v) is 6.99. The largest absolute Gasteiger partial charge is 0.456 e. The van der Waals surface area contributed by atoms with Gasteiger partial charge in [-0.25, -0.2) is 5.84 Å². The smallest absolute Gasteiger partial charge is 0.193 e. The van der Waals surface area contributed by atoms with Gasteiger partial charge in [0.15, 0.2) is 10.5 Å². The molecular formula is C16H13N3O2S. The number of anilines is 1. The number of fused-ring (bicyclic) bond motifs is 1. The Hall–Kier alpha value is -2.70. The van der Waals surface area contributed by atoms with Gasteiger partial charge >= 0.3 is 0 Å². The Morgan fingerprint density at radius 2 is 1.86 bits per heavy atom. The Labute approximate surface area is 131 Å². The highest BCUT2D eigenvalue weighted by Crippen LogP contribution is 2.23. The maximum Gasteiger partial charge on any atom is 0.193 e. The Morgan fingerprint density at radius 1 is 1.09 bits per heavy atom. The van der Waals surface area contributed by atoms with Crippen molar-refractivity contribution in [1.82, 2.24) is 5.43 Å². The second kappa shape index (κ2) is 5.97. The molecule has 4 N–H and O–H groups in total. The molecule has 0 bridgehead atoms. The number of hydrogen-bond donors (Lipinski definition) is 3. The van der Waals surface area contributed by atoms with E-state index in [4.69, 9.17) is 22.5 Å². The molecule has 3 aromatic rings. The third-order valence-electron chi connectivity index (χ3n) is 3.18. The maximum absolute atomic E-state index is 12.2. The zero-order valence-corrected chi connectivity index (χ0v) is 12.3. The minimum atomic E-state index is -0.0915. The monoisotopic (exact) mass is 311 g/mol. The van der Waals surface area contributed by atoms with Gasteiger partial charge in [0.1, 0.15) is 11.3 Å². The topological polar surface area (TPSA) is 80.3 Å². The van der Waals surface area contributed by atoms with Gasteiger partial charge in [-0.2, -0.15) is 0 Å². The number of nitrogens with one attached hydrogen (secondary N) is 2. The molecule has 5 nitrogen and oxygen atoms in total. The van der Waals surface area contributed by atoms with E-state index in [-0.39, 0.29) is 10.5 Å². The molecule has 22 heavy (non-hydrogen) atoms. The number of hydrazine groups is 1. The fourth-order valence-electron chi connectivity index (χ4n) is 2.14. The first-order chi connectivity index (χ1) is 10.7. The molecule has 0 saturated heterocycles. The number of nitrogens with two attached hydrogens (primary N) is 1. The van der Waals surface area contributed by atoms with Gasteiger partial charge in [0.25, 0.3) is 0 Å². The zero-order chi connectivity index (χ0) is 15.5. The normalized spacial score (nSPS) is 10.4. The molecule has 0 unspecified atom stereocenters. The molecule has 1 heterocycles. The van der Waals surface area contributed by atoms with Crippen molar-refractivity contribution < 1.29 is 4.42 Å². The van der Waals surface area contributed by atoms with Crippen molar-refractivity contribution in [3.05, 3.63) is 64.8 Å². The quantitative estimate of drug-likeness (QED) is 0.383. The van der Waals surface area contributed by atoms with Crippen LogP contribution in [-0.2, 0) is 0 Å². The Kier molecular flexibility index (Phi) is 3.86. The Bertz CT molecular complexity index is 891. The lowest BCUT2D eigenvalue weighted by atomic mass is 10.1. The van der Waals surface area contributed by atoms with Crippen LogP contribution in [-0.4, -0.2) is 5.11 Å². The second-order valence-electron chi connectivity index (χ2n) is 4.65. The van der Waals surface area contributed by atoms with E-state index in [1.165, 1.54) is 6.07 Å². The molecule has 0 aliphatic carbocycles. The average molecular weight is 311 g/mol. The number of hydrogen-bond acceptors (Lipinski definition) is 4. The molecule has 6 heteroatoms. The average Bonchev–Trinajstić information content (AvgIpc) is 2.55. The third-order valence-corrected chi connectivity index (χ3v) is 3.40. The van der Waals surface area contributed by atoms with Gasteiger partial charge in [-0.1, -0.05) is 30.3 Å². The zero-order valence-electron chi connectivity index (χ0n) is 11.5. The van der Waals surface area contributed by atoms with Crippen molar-refractivity contribution in [3.8, 4) is 11.3 Å². The fourth-order valence-corrected chi connectivity index (χ4v) is 2.26. The van der Waals surface area contributed by atoms with Gasteiger partial charge in [-0.3, -0.25) is 4.79 Å². The van der Waals surface area contributed by atoms with Crippen LogP contribution in [0.4, 0.5) is 5.69 Å². The lowest BCUT2D eigenvalue weighted by molar-refractivity contribution is 0.619. The number of thiocarbonyl (C=S) groups is 1. The summed E-state index contributed by atoms with van der Waals surface area (Å²) in [6.07, 6.45) is 0. The van der Waals surface area contributed by atoms with Crippen LogP contribution < -0.4 is 22.0 Å². The van der Waals surface area contributed by atoms with Gasteiger partial charge in [0.2, 0.25) is 0 Å². The lowest BCUT2D eigenvalue weighted by Gasteiger charge is -2.08. The molecule has 0 aliphatic rings. The van der Waals surface area contributed by atoms with E-state index in [0.717, 1.165) is 5.56 Å². The van der Waals surface area contributed by atoms with Crippen molar-refractivity contribution in [2.75, 3.05) is 5.32 Å². The van der Waals surface area contributed by atoms with Crippen molar-refractivity contribution in [2.24, 2.45) is 5.84 Å². The van der Waals surface area contributed by atoms with Crippen LogP contribution >= 0.6 is 12.2 Å². The molecular weight excluding hydrogens is 298 g/mol. The highest BCUT2D eigenvalue weighted by molar-refractivity contribution is 7.80. The number of rotatable bonds is 2. The summed E-state index contributed by atoms with van der Waals surface area (Å²) in [5.41, 5.74) is 4.26. The van der Waals surface area contributed by atoms with E-state index in [9.17, 15) is 4.79 Å². The van der Waals surface area contributed by atoms with Gasteiger partial charge in [0, 0.05) is 23.4 Å². The molecule has 1 aromatic heterocycles. The van der Waals surface area contributed by atoms with Crippen molar-refractivity contribution in [2.45, 2.75) is 0 Å². The summed E-state index contributed by atoms with van der Waals surface area (Å²) in [6.45, 7) is 0. The molecule has 2 aromatic carbocycles. The van der Waals surface area contributed by atoms with Crippen LogP contribution in [0.15, 0.2) is 63.8 Å². The van der Waals surface area contributed by atoms with E-state index in [0.29, 0.717) is 22.4 Å². The van der Waals surface area contributed by atoms with Crippen LogP contribution in [0.25, 0.3) is 22.3 Å². The molecule has 110 valence electrons. The summed E-state index contributed by atoms with van der Waals surface area (Å²) < 4.78 is 5.85. The SMILES string of the molecule is NNC(=S)Nc1ccc2c(=O)cc(-c3ccccc3)oc2c1. The predicted molar refractivity (Wildman–Crippen MR) is 91.5 cm³/mol. The van der Waals surface area contributed by atoms with Gasteiger partial charge < -0.3 is 15.2 Å². The third kappa shape index (κ3) is 2.83. The van der Waals surface area contributed by atoms with Gasteiger partial charge in [0.05, 0.1) is 5.39 Å². The van der Waals surface area contributed by atoms with Crippen molar-refractivity contribution in [1.29, 1.82) is 0 Å². The predicted octanol–water partition coefficient (Wildman–Crippen LogP) is 2.62. The molecule has 0 atom stereocenters. The van der Waals surface area contributed by atoms with Crippen molar-refractivity contribution >= 4 is 34.0 Å². The molecule has 0 aliphatic heterocycles. The highest BCUT2D eigenvalue weighted by atomic mass is 32.1. The summed E-state index contributed by atoms with van der Waals surface area (Å²) >= 11 is 4.95. The molecule has 0 radical (unpaired) electrons. The van der Waals surface area contributed by atoms with E-state index < -0.39 is 0 Å². The first kappa shape index (κ1) is 14.2. The molecule has 0 fully saturated rings. The van der Waals surface area contributed by atoms with Crippen molar-refractivity contribution in [3.63, 3.8) is 0 Å². The van der Waals surface area contributed by atoms with Crippen LogP contribution in [0, 0.1) is 0 Å². The molecule has 3 rings (SSSR count). The molecule has 0 spiro atoms. The lowest BCUT2D eigenvalue weighted by Crippen LogP contribution is -2.34. The summed E-state index contributed by atoms with van der Waals surface area (Å²) in [5.74, 6) is 5.75. The van der Waals surface area contributed by atoms with E-state index in [1.54, 1.807) is 18.2 Å². The Balaban J connectivity index is 2.11. The summed E-state index contributed by atoms with van der Waals surface area (Å²) in [4.78, 5) is 12.2. The number of benzene rings is 2. The van der Waals surface area contributed by atoms with Crippen LogP contribution in [0.2, 0.25) is 0 Å². The van der Waals surface area contributed by atoms with E-state index >= 15 is 0 Å². The van der Waals surface area contributed by atoms with Gasteiger partial charge in [-0.15, -0.1) is 0 Å². The first-order valence-electron chi connectivity index (χ1n) is 6.58. The second-order valence-corrected chi connectivity index (χ2v) is 5.06. The maximum atomic E-state index is 12.2. The summed E-state index contributed by atoms with van der Waals surface area (Å²) in [6, 6.07) is 16.1. The minimum absolute atomic E-state index is 0.0915. The standard InChI is InChI=1S/C16H13N3O2S/c17-19-16(22)18-11-6-7-12-13(20)9-14(21-15(12)8-11)10-4-2-1-3-5-10/h1-9H,17H2,(H2,18,19,22). The summed E-state index contributed by atoms with van der Waals surface area (Å²) in [5, 5.41) is 3.69. The van der Waals surface area contributed by atoms with Gasteiger partial charge in [-0.05, 0) is 24.4 Å². The van der Waals surface area contributed by atoms with Crippen LogP contribution in [0.5, 0.6) is 0 Å². The Morgan fingerprint density at radius 3 is 2.59 bits per heavy atom.